The van der Waals surface area contributed by atoms with Crippen molar-refractivity contribution in [2.24, 2.45) is 11.7 Å². The number of aliphatic hydroxyl groups excluding tert-OH is 1. The topological polar surface area (TPSA) is 98.7 Å². The highest BCUT2D eigenvalue weighted by Crippen LogP contribution is 2.25. The number of nitrogens with two attached hydrogens (primary N) is 1. The molecule has 0 radical (unpaired) electrons. The lowest BCUT2D eigenvalue weighted by Crippen LogP contribution is -2.38. The Balaban J connectivity index is 2.42. The normalized spacial score (nSPS) is 23.9. The summed E-state index contributed by atoms with van der Waals surface area (Å²) in [6, 6.07) is 0. The summed E-state index contributed by atoms with van der Waals surface area (Å²) in [6.45, 7) is 1.18. The molecule has 1 aliphatic carbocycles. The van der Waals surface area contributed by atoms with Gasteiger partial charge in [0.25, 0.3) is 0 Å². The number of hydrogen-bond donors (Lipinski definition) is 5. The summed E-state index contributed by atoms with van der Waals surface area (Å²) in [5, 5.41) is 30.7. The monoisotopic (exact) mass is 214 g/mol. The van der Waals surface area contributed by atoms with E-state index in [0.717, 1.165) is 0 Å². The minimum absolute atomic E-state index is 0.0753. The average Bonchev–Trinajstić information content (AvgIpc) is 2.18. The molecule has 6 N–H and O–H groups in total. The first-order chi connectivity index (χ1) is 7.06. The van der Waals surface area contributed by atoms with Crippen molar-refractivity contribution in [1.82, 2.24) is 5.32 Å². The van der Waals surface area contributed by atoms with Crippen molar-refractivity contribution in [3.05, 3.63) is 23.9 Å². The first-order valence-electron chi connectivity index (χ1n) is 4.99. The zero-order valence-electron chi connectivity index (χ0n) is 8.56. The van der Waals surface area contributed by atoms with Gasteiger partial charge in [-0.15, -0.1) is 0 Å². The second kappa shape index (κ2) is 5.27. The van der Waals surface area contributed by atoms with Gasteiger partial charge in [0, 0.05) is 18.2 Å². The van der Waals surface area contributed by atoms with Crippen molar-refractivity contribution in [1.29, 1.82) is 0 Å². The van der Waals surface area contributed by atoms with Gasteiger partial charge in [-0.05, 0) is 25.1 Å². The number of allylic oxidation sites excluding steroid dienone is 1. The first-order valence-corrected chi connectivity index (χ1v) is 4.99. The number of hydrogen-bond acceptors (Lipinski definition) is 5. The molecular formula is C10H18N2O3. The van der Waals surface area contributed by atoms with Gasteiger partial charge in [-0.3, -0.25) is 0 Å². The van der Waals surface area contributed by atoms with Crippen LogP contribution in [0.1, 0.15) is 6.42 Å². The highest BCUT2D eigenvalue weighted by atomic mass is 16.5. The molecule has 0 saturated carbocycles. The fraction of sp³-hybridized carbons (Fsp3) is 0.600. The first kappa shape index (κ1) is 12.2. The number of rotatable bonds is 5. The third kappa shape index (κ3) is 3.64. The van der Waals surface area contributed by atoms with Crippen LogP contribution in [-0.2, 0) is 0 Å². The largest absolute Gasteiger partial charge is 0.399 e. The summed E-state index contributed by atoms with van der Waals surface area (Å²) < 4.78 is 0. The second-order valence-corrected chi connectivity index (χ2v) is 3.65. The minimum atomic E-state index is -1.82. The van der Waals surface area contributed by atoms with Gasteiger partial charge in [-0.2, -0.15) is 0 Å². The minimum Gasteiger partial charge on any atom is -0.399 e. The fourth-order valence-corrected chi connectivity index (χ4v) is 1.51. The Bertz CT molecular complexity index is 261. The van der Waals surface area contributed by atoms with Crippen LogP contribution in [0.15, 0.2) is 23.9 Å². The molecule has 0 aliphatic heterocycles. The van der Waals surface area contributed by atoms with Crippen LogP contribution in [0.4, 0.5) is 0 Å². The Morgan fingerprint density at radius 2 is 2.13 bits per heavy atom. The van der Waals surface area contributed by atoms with Crippen molar-refractivity contribution >= 4 is 0 Å². The standard InChI is InChI=1S/C10H18N2O3/c11-9-1-3-10(14,15)8(7-9)2-4-12-5-6-13/h1,3,7-8,12-15H,2,4-6,11H2. The van der Waals surface area contributed by atoms with Gasteiger partial charge in [0.2, 0.25) is 0 Å². The molecule has 1 rings (SSSR count). The van der Waals surface area contributed by atoms with E-state index in [9.17, 15) is 10.2 Å². The SMILES string of the molecule is NC1=CC(CCNCCO)C(O)(O)C=C1. The van der Waals surface area contributed by atoms with Crippen LogP contribution >= 0.6 is 0 Å². The van der Waals surface area contributed by atoms with Crippen LogP contribution < -0.4 is 11.1 Å². The lowest BCUT2D eigenvalue weighted by molar-refractivity contribution is -0.149. The van der Waals surface area contributed by atoms with E-state index in [2.05, 4.69) is 5.32 Å². The van der Waals surface area contributed by atoms with E-state index in [-0.39, 0.29) is 6.61 Å². The second-order valence-electron chi connectivity index (χ2n) is 3.65. The summed E-state index contributed by atoms with van der Waals surface area (Å²) in [6.07, 6.45) is 4.97. The maximum atomic E-state index is 9.60. The maximum Gasteiger partial charge on any atom is 0.189 e. The average molecular weight is 214 g/mol. The van der Waals surface area contributed by atoms with E-state index in [1.54, 1.807) is 6.08 Å². The van der Waals surface area contributed by atoms with Gasteiger partial charge in [0.05, 0.1) is 6.61 Å². The van der Waals surface area contributed by atoms with E-state index < -0.39 is 11.7 Å². The van der Waals surface area contributed by atoms with E-state index in [0.29, 0.717) is 25.2 Å². The molecule has 5 heteroatoms. The van der Waals surface area contributed by atoms with E-state index in [1.165, 1.54) is 12.2 Å². The zero-order valence-corrected chi connectivity index (χ0v) is 8.56. The molecule has 0 heterocycles. The Labute approximate surface area is 88.9 Å². The summed E-state index contributed by atoms with van der Waals surface area (Å²) in [5.41, 5.74) is 6.11. The molecule has 0 fully saturated rings. The molecule has 0 spiro atoms. The van der Waals surface area contributed by atoms with Crippen molar-refractivity contribution < 1.29 is 15.3 Å². The van der Waals surface area contributed by atoms with Crippen LogP contribution in [0.3, 0.4) is 0 Å². The molecule has 15 heavy (non-hydrogen) atoms. The predicted molar refractivity (Wildman–Crippen MR) is 56.6 cm³/mol. The lowest BCUT2D eigenvalue weighted by atomic mass is 9.90. The van der Waals surface area contributed by atoms with Crippen LogP contribution in [0.25, 0.3) is 0 Å². The molecule has 1 atom stereocenters. The molecule has 0 saturated heterocycles. The molecule has 0 aromatic heterocycles. The van der Waals surface area contributed by atoms with Gasteiger partial charge in [-0.25, -0.2) is 0 Å². The maximum absolute atomic E-state index is 9.60. The number of nitrogens with one attached hydrogen (secondary N) is 1. The molecule has 0 amide bonds. The van der Waals surface area contributed by atoms with Gasteiger partial charge in [-0.1, -0.05) is 6.08 Å². The number of aliphatic hydroxyl groups is 3. The molecule has 0 aromatic rings. The smallest absolute Gasteiger partial charge is 0.189 e. The molecule has 1 unspecified atom stereocenters. The van der Waals surface area contributed by atoms with Crippen LogP contribution in [0.2, 0.25) is 0 Å². The molecule has 1 aliphatic rings. The van der Waals surface area contributed by atoms with Crippen LogP contribution in [-0.4, -0.2) is 40.8 Å². The molecule has 5 nitrogen and oxygen atoms in total. The Morgan fingerprint density at radius 1 is 1.40 bits per heavy atom. The summed E-state index contributed by atoms with van der Waals surface area (Å²) in [7, 11) is 0. The molecule has 0 bridgehead atoms. The third-order valence-electron chi connectivity index (χ3n) is 2.38. The van der Waals surface area contributed by atoms with Gasteiger partial charge < -0.3 is 26.4 Å². The lowest BCUT2D eigenvalue weighted by Gasteiger charge is -2.29. The molecular weight excluding hydrogens is 196 g/mol. The molecule has 0 aromatic carbocycles. The van der Waals surface area contributed by atoms with E-state index in [4.69, 9.17) is 10.8 Å². The van der Waals surface area contributed by atoms with Gasteiger partial charge in [0.1, 0.15) is 0 Å². The van der Waals surface area contributed by atoms with E-state index in [1.807, 2.05) is 0 Å². The molecule has 86 valence electrons. The quantitative estimate of drug-likeness (QED) is 0.288. The fourth-order valence-electron chi connectivity index (χ4n) is 1.51. The zero-order chi connectivity index (χ0) is 11.3. The summed E-state index contributed by atoms with van der Waals surface area (Å²) in [5.74, 6) is -2.22. The van der Waals surface area contributed by atoms with Crippen molar-refractivity contribution in [2.75, 3.05) is 19.7 Å². The predicted octanol–water partition coefficient (Wildman–Crippen LogP) is -1.33. The third-order valence-corrected chi connectivity index (χ3v) is 2.38. The highest BCUT2D eigenvalue weighted by Gasteiger charge is 2.31. The Morgan fingerprint density at radius 3 is 2.80 bits per heavy atom. The summed E-state index contributed by atoms with van der Waals surface area (Å²) in [4.78, 5) is 0. The van der Waals surface area contributed by atoms with Crippen molar-refractivity contribution in [3.63, 3.8) is 0 Å². The summed E-state index contributed by atoms with van der Waals surface area (Å²) >= 11 is 0. The highest BCUT2D eigenvalue weighted by molar-refractivity contribution is 5.25. The van der Waals surface area contributed by atoms with Crippen molar-refractivity contribution in [3.8, 4) is 0 Å². The van der Waals surface area contributed by atoms with Gasteiger partial charge >= 0.3 is 0 Å². The van der Waals surface area contributed by atoms with Gasteiger partial charge in [0.15, 0.2) is 5.79 Å². The van der Waals surface area contributed by atoms with E-state index >= 15 is 0 Å². The van der Waals surface area contributed by atoms with Crippen LogP contribution in [0, 0.1) is 5.92 Å². The Kier molecular flexibility index (Phi) is 4.28. The Hall–Kier alpha value is -0.880. The van der Waals surface area contributed by atoms with Crippen molar-refractivity contribution in [2.45, 2.75) is 12.2 Å². The van der Waals surface area contributed by atoms with Crippen LogP contribution in [0.5, 0.6) is 0 Å².